The van der Waals surface area contributed by atoms with Gasteiger partial charge in [0.15, 0.2) is 18.2 Å². The summed E-state index contributed by atoms with van der Waals surface area (Å²) in [4.78, 5) is 15.8. The van der Waals surface area contributed by atoms with Gasteiger partial charge in [0.1, 0.15) is 5.76 Å². The van der Waals surface area contributed by atoms with Gasteiger partial charge in [0, 0.05) is 23.5 Å². The number of rotatable bonds is 5. The second-order valence-corrected chi connectivity index (χ2v) is 5.63. The minimum Gasteiger partial charge on any atom is -0.452 e. The van der Waals surface area contributed by atoms with E-state index < -0.39 is 5.97 Å². The minimum atomic E-state index is -0.488. The van der Waals surface area contributed by atoms with Crippen LogP contribution < -0.4 is 0 Å². The first-order valence-corrected chi connectivity index (χ1v) is 7.70. The van der Waals surface area contributed by atoms with E-state index in [1.807, 2.05) is 37.5 Å². The lowest BCUT2D eigenvalue weighted by atomic mass is 10.2. The molecule has 3 aromatic rings. The maximum Gasteiger partial charge on any atom is 0.331 e. The SMILES string of the molecule is Cc1noc(COC(=O)/C=C/c2cc(C)n(-c3cc(C)on3)c2C)n1. The molecule has 0 spiro atoms. The van der Waals surface area contributed by atoms with Crippen molar-refractivity contribution in [3.63, 3.8) is 0 Å². The van der Waals surface area contributed by atoms with Crippen molar-refractivity contribution in [2.75, 3.05) is 0 Å². The molecule has 3 heterocycles. The van der Waals surface area contributed by atoms with E-state index >= 15 is 0 Å². The molecule has 3 aromatic heterocycles. The average Bonchev–Trinajstić information content (AvgIpc) is 3.24. The van der Waals surface area contributed by atoms with Gasteiger partial charge in [0.25, 0.3) is 5.89 Å². The van der Waals surface area contributed by atoms with Crippen LogP contribution in [0.15, 0.2) is 27.3 Å². The number of aromatic nitrogens is 4. The van der Waals surface area contributed by atoms with E-state index in [-0.39, 0.29) is 12.5 Å². The topological polar surface area (TPSA) is 96.2 Å². The molecule has 8 nitrogen and oxygen atoms in total. The van der Waals surface area contributed by atoms with Gasteiger partial charge in [-0.3, -0.25) is 4.57 Å². The number of esters is 1. The van der Waals surface area contributed by atoms with E-state index in [9.17, 15) is 4.79 Å². The Balaban J connectivity index is 1.70. The largest absolute Gasteiger partial charge is 0.452 e. The quantitative estimate of drug-likeness (QED) is 0.519. The third kappa shape index (κ3) is 3.68. The van der Waals surface area contributed by atoms with Crippen LogP contribution in [0.1, 0.15) is 34.4 Å². The maximum absolute atomic E-state index is 11.8. The third-order valence-corrected chi connectivity index (χ3v) is 3.62. The molecule has 0 aliphatic heterocycles. The Morgan fingerprint density at radius 2 is 2.00 bits per heavy atom. The van der Waals surface area contributed by atoms with Crippen LogP contribution in [0, 0.1) is 27.7 Å². The fourth-order valence-corrected chi connectivity index (χ4v) is 2.50. The Bertz CT molecular complexity index is 933. The zero-order chi connectivity index (χ0) is 18.0. The molecule has 0 atom stereocenters. The Morgan fingerprint density at radius 3 is 2.64 bits per heavy atom. The molecule has 0 unspecified atom stereocenters. The number of carbonyl (C=O) groups is 1. The normalized spacial score (nSPS) is 11.4. The fraction of sp³-hybridized carbons (Fsp3) is 0.294. The van der Waals surface area contributed by atoms with E-state index in [1.54, 1.807) is 13.0 Å². The number of ether oxygens (including phenoxy) is 1. The first-order valence-electron chi connectivity index (χ1n) is 7.70. The van der Waals surface area contributed by atoms with Gasteiger partial charge in [-0.05, 0) is 45.4 Å². The summed E-state index contributed by atoms with van der Waals surface area (Å²) in [5.74, 6) is 1.72. The summed E-state index contributed by atoms with van der Waals surface area (Å²) in [6.45, 7) is 7.39. The van der Waals surface area contributed by atoms with Crippen LogP contribution in [0.2, 0.25) is 0 Å². The lowest BCUT2D eigenvalue weighted by molar-refractivity contribution is -0.139. The molecule has 0 N–H and O–H groups in total. The van der Waals surface area contributed by atoms with Crippen molar-refractivity contribution < 1.29 is 18.6 Å². The third-order valence-electron chi connectivity index (χ3n) is 3.62. The molecule has 0 aliphatic carbocycles. The fourth-order valence-electron chi connectivity index (χ4n) is 2.50. The molecule has 0 aromatic carbocycles. The Morgan fingerprint density at radius 1 is 1.20 bits per heavy atom. The van der Waals surface area contributed by atoms with E-state index in [1.165, 1.54) is 6.08 Å². The molecule has 8 heteroatoms. The molecule has 0 saturated heterocycles. The van der Waals surface area contributed by atoms with Gasteiger partial charge in [-0.1, -0.05) is 10.3 Å². The van der Waals surface area contributed by atoms with Crippen LogP contribution in [-0.2, 0) is 16.1 Å². The Hall–Kier alpha value is -3.16. The molecule has 0 radical (unpaired) electrons. The Kier molecular flexibility index (Phi) is 4.51. The number of carbonyl (C=O) groups excluding carboxylic acids is 1. The van der Waals surface area contributed by atoms with Crippen LogP contribution in [-0.4, -0.2) is 25.8 Å². The second kappa shape index (κ2) is 6.76. The summed E-state index contributed by atoms with van der Waals surface area (Å²) in [6.07, 6.45) is 3.07. The second-order valence-electron chi connectivity index (χ2n) is 5.63. The summed E-state index contributed by atoms with van der Waals surface area (Å²) >= 11 is 0. The van der Waals surface area contributed by atoms with Crippen molar-refractivity contribution in [1.29, 1.82) is 0 Å². The highest BCUT2D eigenvalue weighted by Gasteiger charge is 2.12. The minimum absolute atomic E-state index is 0.0543. The standard InChI is InChI=1S/C17H18N4O4/c1-10-7-14(12(3)21(10)15-8-11(2)24-20-15)5-6-17(22)23-9-16-18-13(4)19-25-16/h5-8H,9H2,1-4H3/b6-5+. The smallest absolute Gasteiger partial charge is 0.331 e. The van der Waals surface area contributed by atoms with E-state index in [2.05, 4.69) is 15.3 Å². The average molecular weight is 342 g/mol. The molecule has 0 bridgehead atoms. The van der Waals surface area contributed by atoms with E-state index in [4.69, 9.17) is 13.8 Å². The van der Waals surface area contributed by atoms with Crippen molar-refractivity contribution >= 4 is 12.0 Å². The first kappa shape index (κ1) is 16.7. The number of hydrogen-bond donors (Lipinski definition) is 0. The summed E-state index contributed by atoms with van der Waals surface area (Å²) in [5.41, 5.74) is 2.83. The molecule has 0 amide bonds. The highest BCUT2D eigenvalue weighted by atomic mass is 16.6. The lowest BCUT2D eigenvalue weighted by Gasteiger charge is -2.03. The van der Waals surface area contributed by atoms with Crippen molar-refractivity contribution in [1.82, 2.24) is 19.9 Å². The molecule has 25 heavy (non-hydrogen) atoms. The van der Waals surface area contributed by atoms with E-state index in [0.29, 0.717) is 11.6 Å². The zero-order valence-electron chi connectivity index (χ0n) is 14.4. The predicted molar refractivity (Wildman–Crippen MR) is 87.9 cm³/mol. The van der Waals surface area contributed by atoms with Crippen LogP contribution >= 0.6 is 0 Å². The molecule has 0 aliphatic rings. The number of aryl methyl sites for hydroxylation is 3. The van der Waals surface area contributed by atoms with E-state index in [0.717, 1.165) is 22.7 Å². The lowest BCUT2D eigenvalue weighted by Crippen LogP contribution is -2.01. The van der Waals surface area contributed by atoms with Gasteiger partial charge in [0.05, 0.1) is 0 Å². The van der Waals surface area contributed by atoms with Crippen molar-refractivity contribution in [3.05, 3.63) is 52.6 Å². The van der Waals surface area contributed by atoms with Crippen molar-refractivity contribution in [3.8, 4) is 5.82 Å². The van der Waals surface area contributed by atoms with Gasteiger partial charge in [0.2, 0.25) is 0 Å². The number of nitrogens with zero attached hydrogens (tertiary/aromatic N) is 4. The van der Waals surface area contributed by atoms with Gasteiger partial charge in [-0.2, -0.15) is 4.98 Å². The summed E-state index contributed by atoms with van der Waals surface area (Å²) in [6, 6.07) is 3.82. The molecule has 130 valence electrons. The monoisotopic (exact) mass is 342 g/mol. The molecule has 0 saturated carbocycles. The van der Waals surface area contributed by atoms with Crippen molar-refractivity contribution in [2.45, 2.75) is 34.3 Å². The summed E-state index contributed by atoms with van der Waals surface area (Å²) < 4.78 is 17.0. The number of hydrogen-bond acceptors (Lipinski definition) is 7. The molecule has 0 fully saturated rings. The van der Waals surface area contributed by atoms with Crippen LogP contribution in [0.5, 0.6) is 0 Å². The van der Waals surface area contributed by atoms with Crippen molar-refractivity contribution in [2.24, 2.45) is 0 Å². The van der Waals surface area contributed by atoms with Crippen LogP contribution in [0.3, 0.4) is 0 Å². The van der Waals surface area contributed by atoms with Gasteiger partial charge in [-0.25, -0.2) is 4.79 Å². The summed E-state index contributed by atoms with van der Waals surface area (Å²) in [7, 11) is 0. The first-order chi connectivity index (χ1) is 11.9. The van der Waals surface area contributed by atoms with Crippen LogP contribution in [0.25, 0.3) is 11.9 Å². The molecular weight excluding hydrogens is 324 g/mol. The highest BCUT2D eigenvalue weighted by molar-refractivity contribution is 5.87. The maximum atomic E-state index is 11.8. The predicted octanol–water partition coefficient (Wildman–Crippen LogP) is 2.84. The Labute approximate surface area is 144 Å². The molecular formula is C17H18N4O4. The van der Waals surface area contributed by atoms with Gasteiger partial charge >= 0.3 is 5.97 Å². The van der Waals surface area contributed by atoms with Gasteiger partial charge < -0.3 is 13.8 Å². The molecule has 3 rings (SSSR count). The van der Waals surface area contributed by atoms with Gasteiger partial charge in [-0.15, -0.1) is 0 Å². The highest BCUT2D eigenvalue weighted by Crippen LogP contribution is 2.21. The zero-order valence-corrected chi connectivity index (χ0v) is 14.4. The summed E-state index contributed by atoms with van der Waals surface area (Å²) in [5, 5.41) is 7.66. The van der Waals surface area contributed by atoms with Crippen LogP contribution in [0.4, 0.5) is 0 Å².